The van der Waals surface area contributed by atoms with E-state index in [1.165, 1.54) is 0 Å². The first-order chi connectivity index (χ1) is 12.8. The van der Waals surface area contributed by atoms with E-state index in [9.17, 15) is 14.7 Å². The fraction of sp³-hybridized carbons (Fsp3) is 0.600. The Bertz CT molecular complexity index is 816. The van der Waals surface area contributed by atoms with Gasteiger partial charge in [-0.3, -0.25) is 14.6 Å². The Morgan fingerprint density at radius 3 is 2.74 bits per heavy atom. The summed E-state index contributed by atoms with van der Waals surface area (Å²) in [5.41, 5.74) is 1.66. The molecule has 0 radical (unpaired) electrons. The zero-order valence-corrected chi connectivity index (χ0v) is 15.9. The van der Waals surface area contributed by atoms with Gasteiger partial charge in [0.2, 0.25) is 0 Å². The molecule has 2 aliphatic rings. The fourth-order valence-electron chi connectivity index (χ4n) is 3.85. The van der Waals surface area contributed by atoms with Crippen LogP contribution in [-0.4, -0.2) is 45.8 Å². The quantitative estimate of drug-likeness (QED) is 0.605. The van der Waals surface area contributed by atoms with Crippen LogP contribution in [0.25, 0.3) is 0 Å². The maximum atomic E-state index is 12.6. The lowest BCUT2D eigenvalue weighted by Gasteiger charge is -2.31. The number of rotatable bonds is 5. The number of aromatic nitrogens is 1. The predicted octanol–water partition coefficient (Wildman–Crippen LogP) is 2.76. The van der Waals surface area contributed by atoms with Crippen molar-refractivity contribution < 1.29 is 24.3 Å². The molecule has 3 rings (SSSR count). The Balaban J connectivity index is 1.83. The van der Waals surface area contributed by atoms with Gasteiger partial charge in [-0.1, -0.05) is 19.0 Å². The van der Waals surface area contributed by atoms with Gasteiger partial charge in [0.05, 0.1) is 30.0 Å². The number of aliphatic hydroxyl groups is 2. The van der Waals surface area contributed by atoms with Crippen LogP contribution in [0.3, 0.4) is 0 Å². The Hall–Kier alpha value is -2.28. The minimum absolute atomic E-state index is 0.0281. The van der Waals surface area contributed by atoms with E-state index in [0.717, 1.165) is 6.42 Å². The first-order valence-electron chi connectivity index (χ1n) is 9.43. The van der Waals surface area contributed by atoms with Crippen LogP contribution in [0.5, 0.6) is 0 Å². The van der Waals surface area contributed by atoms with E-state index >= 15 is 0 Å². The molecule has 1 saturated carbocycles. The molecule has 1 fully saturated rings. The molecular formula is C20H26N2O5. The molecule has 0 spiro atoms. The van der Waals surface area contributed by atoms with Gasteiger partial charge in [-0.05, 0) is 18.3 Å². The number of allylic oxidation sites excluding steroid dienone is 2. The number of Topliss-reactive ketones (excluding diaryl/α,β-unsaturated/α-hetero) is 2. The normalized spacial score (nSPS) is 22.9. The average molecular weight is 374 g/mol. The van der Waals surface area contributed by atoms with Crippen LogP contribution < -0.4 is 0 Å². The maximum absolute atomic E-state index is 12.6. The molecule has 7 heteroatoms. The smallest absolute Gasteiger partial charge is 0.168 e. The zero-order valence-electron chi connectivity index (χ0n) is 15.9. The summed E-state index contributed by atoms with van der Waals surface area (Å²) >= 11 is 0. The van der Waals surface area contributed by atoms with Crippen molar-refractivity contribution in [1.82, 2.24) is 5.16 Å². The SMILES string of the molecule is CC1(C)CC(=O)/C(=C(\O)CCc2noc3c2C(=O)CCC3)C(=NCCO)C1. The van der Waals surface area contributed by atoms with Gasteiger partial charge in [-0.2, -0.15) is 0 Å². The van der Waals surface area contributed by atoms with Crippen LogP contribution >= 0.6 is 0 Å². The molecule has 0 saturated heterocycles. The molecule has 1 aromatic rings. The predicted molar refractivity (Wildman–Crippen MR) is 99.2 cm³/mol. The number of carbonyl (C=O) groups excluding carboxylic acids is 2. The van der Waals surface area contributed by atoms with Crippen molar-refractivity contribution in [2.45, 2.75) is 58.8 Å². The van der Waals surface area contributed by atoms with Crippen molar-refractivity contribution in [2.75, 3.05) is 13.2 Å². The highest BCUT2D eigenvalue weighted by Gasteiger charge is 2.36. The molecule has 27 heavy (non-hydrogen) atoms. The van der Waals surface area contributed by atoms with Gasteiger partial charge < -0.3 is 14.7 Å². The molecule has 0 atom stereocenters. The highest BCUT2D eigenvalue weighted by Crippen LogP contribution is 2.36. The number of aliphatic imine (C=N–C) groups is 1. The van der Waals surface area contributed by atoms with Crippen molar-refractivity contribution in [2.24, 2.45) is 10.4 Å². The number of aliphatic hydroxyl groups excluding tert-OH is 2. The van der Waals surface area contributed by atoms with E-state index in [0.29, 0.717) is 54.8 Å². The second-order valence-corrected chi connectivity index (χ2v) is 8.02. The molecule has 1 heterocycles. The molecule has 7 nitrogen and oxygen atoms in total. The monoisotopic (exact) mass is 374 g/mol. The minimum Gasteiger partial charge on any atom is -0.511 e. The summed E-state index contributed by atoms with van der Waals surface area (Å²) in [7, 11) is 0. The maximum Gasteiger partial charge on any atom is 0.168 e. The molecule has 0 aliphatic heterocycles. The lowest BCUT2D eigenvalue weighted by atomic mass is 9.73. The number of fused-ring (bicyclic) bond motifs is 1. The van der Waals surface area contributed by atoms with E-state index in [-0.39, 0.29) is 47.9 Å². The molecule has 0 unspecified atom stereocenters. The summed E-state index contributed by atoms with van der Waals surface area (Å²) in [5.74, 6) is 0.473. The van der Waals surface area contributed by atoms with Gasteiger partial charge in [0, 0.05) is 37.8 Å². The summed E-state index contributed by atoms with van der Waals surface area (Å²) in [5, 5.41) is 23.7. The molecule has 1 aromatic heterocycles. The van der Waals surface area contributed by atoms with Gasteiger partial charge in [-0.15, -0.1) is 0 Å². The van der Waals surface area contributed by atoms with Gasteiger partial charge in [0.25, 0.3) is 0 Å². The van der Waals surface area contributed by atoms with Crippen molar-refractivity contribution >= 4 is 17.3 Å². The summed E-state index contributed by atoms with van der Waals surface area (Å²) < 4.78 is 5.27. The van der Waals surface area contributed by atoms with Gasteiger partial charge >= 0.3 is 0 Å². The third kappa shape index (κ3) is 4.18. The van der Waals surface area contributed by atoms with Crippen LogP contribution in [0.4, 0.5) is 0 Å². The summed E-state index contributed by atoms with van der Waals surface area (Å²) in [6, 6.07) is 0. The Morgan fingerprint density at radius 1 is 1.22 bits per heavy atom. The van der Waals surface area contributed by atoms with Crippen LogP contribution in [0, 0.1) is 5.41 Å². The summed E-state index contributed by atoms with van der Waals surface area (Å²) in [6.07, 6.45) is 3.37. The van der Waals surface area contributed by atoms with Crippen molar-refractivity contribution in [3.8, 4) is 0 Å². The molecule has 0 bridgehead atoms. The molecule has 0 amide bonds. The van der Waals surface area contributed by atoms with Crippen LogP contribution in [0.2, 0.25) is 0 Å². The molecular weight excluding hydrogens is 348 g/mol. The van der Waals surface area contributed by atoms with Gasteiger partial charge in [0.1, 0.15) is 11.5 Å². The van der Waals surface area contributed by atoms with E-state index < -0.39 is 0 Å². The summed E-state index contributed by atoms with van der Waals surface area (Å²) in [6.45, 7) is 4.06. The lowest BCUT2D eigenvalue weighted by molar-refractivity contribution is -0.117. The topological polar surface area (TPSA) is 113 Å². The molecule has 2 N–H and O–H groups in total. The molecule has 2 aliphatic carbocycles. The summed E-state index contributed by atoms with van der Waals surface area (Å²) in [4.78, 5) is 29.1. The van der Waals surface area contributed by atoms with Crippen LogP contribution in [0.1, 0.15) is 67.8 Å². The third-order valence-electron chi connectivity index (χ3n) is 5.06. The number of carbonyl (C=O) groups is 2. The standard InChI is InChI=1S/C20H26N2O5/c1-20(2)10-13(21-8-9-23)18(16(26)11-20)15(25)7-6-12-19-14(24)4-3-5-17(19)27-22-12/h23,25H,3-11H2,1-2H3/b18-15-,21-13?. The van der Waals surface area contributed by atoms with E-state index in [4.69, 9.17) is 9.63 Å². The highest BCUT2D eigenvalue weighted by atomic mass is 16.5. The Morgan fingerprint density at radius 2 is 2.00 bits per heavy atom. The van der Waals surface area contributed by atoms with Crippen LogP contribution in [-0.2, 0) is 17.6 Å². The van der Waals surface area contributed by atoms with Crippen molar-refractivity contribution in [3.05, 3.63) is 28.3 Å². The van der Waals surface area contributed by atoms with E-state index in [1.54, 1.807) is 0 Å². The average Bonchev–Trinajstić information content (AvgIpc) is 3.01. The number of aryl methyl sites for hydroxylation is 2. The van der Waals surface area contributed by atoms with E-state index in [1.807, 2.05) is 13.8 Å². The lowest BCUT2D eigenvalue weighted by Crippen LogP contribution is -2.33. The van der Waals surface area contributed by atoms with Gasteiger partial charge in [-0.25, -0.2) is 0 Å². The highest BCUT2D eigenvalue weighted by molar-refractivity contribution is 6.24. The third-order valence-corrected chi connectivity index (χ3v) is 5.06. The number of hydrogen-bond acceptors (Lipinski definition) is 7. The zero-order chi connectivity index (χ0) is 19.6. The first kappa shape index (κ1) is 19.5. The van der Waals surface area contributed by atoms with Gasteiger partial charge in [0.15, 0.2) is 11.6 Å². The number of ketones is 2. The first-order valence-corrected chi connectivity index (χ1v) is 9.43. The fourth-order valence-corrected chi connectivity index (χ4v) is 3.85. The Kier molecular flexibility index (Phi) is 5.60. The molecule has 146 valence electrons. The number of hydrogen-bond donors (Lipinski definition) is 2. The second kappa shape index (κ2) is 7.76. The largest absolute Gasteiger partial charge is 0.511 e. The van der Waals surface area contributed by atoms with Crippen LogP contribution in [0.15, 0.2) is 20.8 Å². The Labute approximate surface area is 158 Å². The molecule has 0 aromatic carbocycles. The second-order valence-electron chi connectivity index (χ2n) is 8.02. The van der Waals surface area contributed by atoms with Crippen molar-refractivity contribution in [3.63, 3.8) is 0 Å². The van der Waals surface area contributed by atoms with Crippen molar-refractivity contribution in [1.29, 1.82) is 0 Å². The van der Waals surface area contributed by atoms with E-state index in [2.05, 4.69) is 10.1 Å². The minimum atomic E-state index is -0.229. The number of nitrogens with zero attached hydrogens (tertiary/aromatic N) is 2.